The smallest absolute Gasteiger partial charge is 0.311 e. The summed E-state index contributed by atoms with van der Waals surface area (Å²) >= 11 is 0. The first-order valence-corrected chi connectivity index (χ1v) is 10.3. The van der Waals surface area contributed by atoms with Gasteiger partial charge in [-0.1, -0.05) is 50.2 Å². The van der Waals surface area contributed by atoms with Gasteiger partial charge in [0, 0.05) is 29.3 Å². The van der Waals surface area contributed by atoms with Gasteiger partial charge in [0.05, 0.1) is 11.0 Å². The van der Waals surface area contributed by atoms with E-state index in [1.54, 1.807) is 6.07 Å². The fourth-order valence-electron chi connectivity index (χ4n) is 4.95. The van der Waals surface area contributed by atoms with Crippen LogP contribution in [0.3, 0.4) is 0 Å². The van der Waals surface area contributed by atoms with E-state index in [4.69, 9.17) is 0 Å². The highest BCUT2D eigenvalue weighted by Gasteiger charge is 2.41. The van der Waals surface area contributed by atoms with Gasteiger partial charge in [0.1, 0.15) is 0 Å². The zero-order valence-corrected chi connectivity index (χ0v) is 17.3. The number of nitrogens with zero attached hydrogens (tertiary/aromatic N) is 1. The van der Waals surface area contributed by atoms with E-state index in [-0.39, 0.29) is 22.6 Å². The summed E-state index contributed by atoms with van der Waals surface area (Å²) in [6.45, 7) is 4.20. The van der Waals surface area contributed by atoms with Crippen molar-refractivity contribution in [1.82, 2.24) is 0 Å². The molecule has 31 heavy (non-hydrogen) atoms. The van der Waals surface area contributed by atoms with Gasteiger partial charge in [-0.05, 0) is 45.9 Å². The fourth-order valence-corrected chi connectivity index (χ4v) is 4.95. The number of phenols is 1. The summed E-state index contributed by atoms with van der Waals surface area (Å²) in [7, 11) is 0. The molecule has 2 aliphatic rings. The van der Waals surface area contributed by atoms with Crippen LogP contribution in [0.2, 0.25) is 0 Å². The van der Waals surface area contributed by atoms with E-state index in [1.807, 2.05) is 24.3 Å². The van der Waals surface area contributed by atoms with E-state index in [9.17, 15) is 20.0 Å². The van der Waals surface area contributed by atoms with Crippen LogP contribution in [0.4, 0.5) is 11.4 Å². The molecular weight excluding hydrogens is 392 g/mol. The topological polar surface area (TPSA) is 92.5 Å². The van der Waals surface area contributed by atoms with Crippen molar-refractivity contribution < 1.29 is 14.8 Å². The Morgan fingerprint density at radius 2 is 1.87 bits per heavy atom. The summed E-state index contributed by atoms with van der Waals surface area (Å²) < 4.78 is 0. The van der Waals surface area contributed by atoms with Crippen LogP contribution in [0.25, 0.3) is 16.3 Å². The van der Waals surface area contributed by atoms with Crippen molar-refractivity contribution in [2.24, 2.45) is 5.41 Å². The van der Waals surface area contributed by atoms with Gasteiger partial charge >= 0.3 is 5.69 Å². The molecule has 1 aliphatic carbocycles. The summed E-state index contributed by atoms with van der Waals surface area (Å²) in [5.74, 6) is -0.334. The zero-order valence-electron chi connectivity index (χ0n) is 17.3. The van der Waals surface area contributed by atoms with Crippen LogP contribution in [-0.4, -0.2) is 15.8 Å². The van der Waals surface area contributed by atoms with Crippen molar-refractivity contribution in [3.8, 4) is 5.75 Å². The number of Topliss-reactive ketones (excluding diaryl/α,β-unsaturated/α-hetero) is 1. The second-order valence-electron chi connectivity index (χ2n) is 9.13. The summed E-state index contributed by atoms with van der Waals surface area (Å²) in [5, 5.41) is 26.9. The molecule has 0 fully saturated rings. The summed E-state index contributed by atoms with van der Waals surface area (Å²) in [5.41, 5.74) is 3.67. The van der Waals surface area contributed by atoms with Crippen LogP contribution in [-0.2, 0) is 4.79 Å². The number of carbonyl (C=O) groups excluding carboxylic acids is 1. The number of fused-ring (bicyclic) bond motifs is 4. The van der Waals surface area contributed by atoms with E-state index in [0.717, 1.165) is 34.0 Å². The lowest BCUT2D eigenvalue weighted by Gasteiger charge is -2.40. The predicted molar refractivity (Wildman–Crippen MR) is 120 cm³/mol. The highest BCUT2D eigenvalue weighted by molar-refractivity contribution is 6.12. The van der Waals surface area contributed by atoms with Crippen molar-refractivity contribution in [3.63, 3.8) is 0 Å². The quantitative estimate of drug-likeness (QED) is 0.411. The maximum atomic E-state index is 13.4. The predicted octanol–water partition coefficient (Wildman–Crippen LogP) is 5.76. The number of nitro benzene ring substituents is 1. The Morgan fingerprint density at radius 1 is 1.10 bits per heavy atom. The number of rotatable bonds is 2. The van der Waals surface area contributed by atoms with E-state index in [2.05, 4.69) is 31.3 Å². The number of hydrogen-bond donors (Lipinski definition) is 2. The lowest BCUT2D eigenvalue weighted by atomic mass is 9.68. The number of nitro groups is 1. The molecule has 6 nitrogen and oxygen atoms in total. The molecule has 156 valence electrons. The van der Waals surface area contributed by atoms with Gasteiger partial charge in [-0.3, -0.25) is 14.9 Å². The Morgan fingerprint density at radius 3 is 2.65 bits per heavy atom. The van der Waals surface area contributed by atoms with Gasteiger partial charge in [0.2, 0.25) is 0 Å². The monoisotopic (exact) mass is 414 g/mol. The van der Waals surface area contributed by atoms with E-state index in [1.165, 1.54) is 12.1 Å². The Labute approximate surface area is 179 Å². The largest absolute Gasteiger partial charge is 0.502 e. The molecule has 2 N–H and O–H groups in total. The van der Waals surface area contributed by atoms with Crippen molar-refractivity contribution in [2.75, 3.05) is 5.32 Å². The van der Waals surface area contributed by atoms with Gasteiger partial charge in [0.15, 0.2) is 11.5 Å². The molecule has 0 amide bonds. The van der Waals surface area contributed by atoms with Crippen LogP contribution in [0.15, 0.2) is 60.2 Å². The van der Waals surface area contributed by atoms with Gasteiger partial charge in [-0.15, -0.1) is 0 Å². The van der Waals surface area contributed by atoms with Gasteiger partial charge in [-0.25, -0.2) is 0 Å². The summed E-state index contributed by atoms with van der Waals surface area (Å²) in [6.07, 6.45) is 1.16. The molecule has 0 aromatic heterocycles. The van der Waals surface area contributed by atoms with Crippen LogP contribution < -0.4 is 5.32 Å². The summed E-state index contributed by atoms with van der Waals surface area (Å²) in [6, 6.07) is 16.0. The molecular formula is C25H22N2O4. The van der Waals surface area contributed by atoms with Crippen molar-refractivity contribution in [2.45, 2.75) is 32.7 Å². The Kier molecular flexibility index (Phi) is 4.15. The number of anilines is 1. The normalized spacial score (nSPS) is 19.5. The number of allylic oxidation sites excluding steroid dienone is 1. The van der Waals surface area contributed by atoms with Gasteiger partial charge < -0.3 is 10.4 Å². The minimum atomic E-state index is -0.607. The third-order valence-electron chi connectivity index (χ3n) is 6.27. The lowest BCUT2D eigenvalue weighted by Crippen LogP contribution is -2.33. The first-order chi connectivity index (χ1) is 14.7. The first kappa shape index (κ1) is 19.3. The van der Waals surface area contributed by atoms with Crippen molar-refractivity contribution in [3.05, 3.63) is 81.4 Å². The molecule has 0 saturated carbocycles. The van der Waals surface area contributed by atoms with Crippen molar-refractivity contribution in [1.29, 1.82) is 0 Å². The second kappa shape index (κ2) is 6.67. The van der Waals surface area contributed by atoms with Crippen LogP contribution in [0.5, 0.6) is 5.75 Å². The average Bonchev–Trinajstić information content (AvgIpc) is 2.72. The second-order valence-corrected chi connectivity index (χ2v) is 9.13. The van der Waals surface area contributed by atoms with E-state index >= 15 is 0 Å². The highest BCUT2D eigenvalue weighted by atomic mass is 16.6. The third kappa shape index (κ3) is 3.06. The number of carbonyl (C=O) groups is 1. The lowest BCUT2D eigenvalue weighted by molar-refractivity contribution is -0.385. The maximum Gasteiger partial charge on any atom is 0.311 e. The Bertz CT molecular complexity index is 1310. The highest BCUT2D eigenvalue weighted by Crippen LogP contribution is 2.52. The van der Waals surface area contributed by atoms with E-state index < -0.39 is 11.0 Å². The summed E-state index contributed by atoms with van der Waals surface area (Å²) in [4.78, 5) is 24.2. The minimum Gasteiger partial charge on any atom is -0.502 e. The van der Waals surface area contributed by atoms with Gasteiger partial charge in [-0.2, -0.15) is 0 Å². The number of aromatic hydroxyl groups is 1. The molecule has 5 rings (SSSR count). The molecule has 0 saturated heterocycles. The molecule has 0 bridgehead atoms. The van der Waals surface area contributed by atoms with Crippen LogP contribution in [0.1, 0.15) is 43.9 Å². The number of ketones is 1. The maximum absolute atomic E-state index is 13.4. The molecule has 0 spiro atoms. The first-order valence-electron chi connectivity index (χ1n) is 10.3. The van der Waals surface area contributed by atoms with E-state index in [0.29, 0.717) is 17.6 Å². The molecule has 1 heterocycles. The van der Waals surface area contributed by atoms with Crippen molar-refractivity contribution >= 4 is 33.5 Å². The van der Waals surface area contributed by atoms with Crippen LogP contribution >= 0.6 is 0 Å². The van der Waals surface area contributed by atoms with Crippen LogP contribution in [0, 0.1) is 15.5 Å². The minimum absolute atomic E-state index is 0.0538. The van der Waals surface area contributed by atoms with Gasteiger partial charge in [0.25, 0.3) is 0 Å². The Hall–Kier alpha value is -3.67. The molecule has 1 aliphatic heterocycles. The number of hydrogen-bond acceptors (Lipinski definition) is 5. The molecule has 0 unspecified atom stereocenters. The average molecular weight is 414 g/mol. The molecule has 3 aromatic carbocycles. The fraction of sp³-hybridized carbons (Fsp3) is 0.240. The molecule has 0 radical (unpaired) electrons. The Balaban J connectivity index is 1.78. The number of phenolic OH excluding ortho intramolecular Hbond substituents is 1. The standard InChI is InChI=1S/C25H22N2O4/c1-25(2)12-17-22-16-6-4-3-5-14(16)7-9-18(22)26-24(23(17)21(29)13-25)15-8-10-20(28)19(11-15)27(30)31/h3-11,24,26,28H,12-13H2,1-2H3/t24-/m0/s1. The SMILES string of the molecule is CC1(C)CC(=O)C2=C(C1)c1c(ccc3ccccc13)N[C@H]2c1ccc(O)c([N+](=O)[O-])c1. The zero-order chi connectivity index (χ0) is 21.9. The third-order valence-corrected chi connectivity index (χ3v) is 6.27. The number of nitrogens with one attached hydrogen (secondary N) is 1. The number of benzene rings is 3. The molecule has 3 aromatic rings. The molecule has 6 heteroatoms. The molecule has 1 atom stereocenters.